The van der Waals surface area contributed by atoms with Crippen LogP contribution in [-0.4, -0.2) is 36.0 Å². The Hall–Kier alpha value is 0.519. The Morgan fingerprint density at radius 1 is 1.14 bits per heavy atom. The number of halogens is 1. The summed E-state index contributed by atoms with van der Waals surface area (Å²) >= 11 is 0. The number of rotatable bonds is 0. The SMILES string of the molecule is [Al+3].[F-].[O-][Si]([O-])(O)O. The zero-order valence-electron chi connectivity index (χ0n) is 3.17. The van der Waals surface area contributed by atoms with Gasteiger partial charge in [-0.15, -0.1) is 0 Å². The van der Waals surface area contributed by atoms with E-state index in [1.54, 1.807) is 0 Å². The van der Waals surface area contributed by atoms with Crippen LogP contribution in [0.4, 0.5) is 0 Å². The molecule has 0 aromatic carbocycles. The molecule has 0 saturated carbocycles. The van der Waals surface area contributed by atoms with E-state index in [9.17, 15) is 0 Å². The molecule has 0 aliphatic heterocycles. The van der Waals surface area contributed by atoms with Crippen molar-refractivity contribution in [2.75, 3.05) is 0 Å². The summed E-state index contributed by atoms with van der Waals surface area (Å²) in [5.41, 5.74) is 0. The van der Waals surface area contributed by atoms with Crippen molar-refractivity contribution < 1.29 is 23.9 Å². The molecule has 0 aromatic rings. The van der Waals surface area contributed by atoms with E-state index in [-0.39, 0.29) is 22.1 Å². The van der Waals surface area contributed by atoms with E-state index >= 15 is 0 Å². The van der Waals surface area contributed by atoms with E-state index in [1.807, 2.05) is 0 Å². The second-order valence-electron chi connectivity index (χ2n) is 0.548. The Bertz CT molecular complexity index is 27.2. The van der Waals surface area contributed by atoms with Crippen LogP contribution >= 0.6 is 0 Å². The van der Waals surface area contributed by atoms with Gasteiger partial charge in [0.25, 0.3) is 0 Å². The quantitative estimate of drug-likeness (QED) is 0.327. The third kappa shape index (κ3) is 494. The second kappa shape index (κ2) is 4.67. The van der Waals surface area contributed by atoms with Crippen molar-refractivity contribution in [1.82, 2.24) is 0 Å². The van der Waals surface area contributed by atoms with Gasteiger partial charge in [0.05, 0.1) is 0 Å². The van der Waals surface area contributed by atoms with E-state index in [0.29, 0.717) is 0 Å². The van der Waals surface area contributed by atoms with E-state index in [0.717, 1.165) is 0 Å². The zero-order chi connectivity index (χ0) is 4.50. The van der Waals surface area contributed by atoms with Crippen LogP contribution in [0.3, 0.4) is 0 Å². The molecule has 0 saturated heterocycles. The summed E-state index contributed by atoms with van der Waals surface area (Å²) in [5.74, 6) is 0. The third-order valence-corrected chi connectivity index (χ3v) is 0. The average Bonchev–Trinajstić information content (AvgIpc) is 0.722. The van der Waals surface area contributed by atoms with Crippen LogP contribution in [0.1, 0.15) is 0 Å². The third-order valence-electron chi connectivity index (χ3n) is 0. The van der Waals surface area contributed by atoms with Crippen LogP contribution in [0, 0.1) is 0 Å². The van der Waals surface area contributed by atoms with Crippen molar-refractivity contribution in [2.24, 2.45) is 0 Å². The van der Waals surface area contributed by atoms with E-state index in [2.05, 4.69) is 0 Å². The van der Waals surface area contributed by atoms with Gasteiger partial charge >= 0.3 is 17.4 Å². The molecular weight excluding hydrogens is 138 g/mol. The van der Waals surface area contributed by atoms with Gasteiger partial charge < -0.3 is 23.9 Å². The molecule has 7 heavy (non-hydrogen) atoms. The van der Waals surface area contributed by atoms with Gasteiger partial charge in [0, 0.05) is 0 Å². The summed E-state index contributed by atoms with van der Waals surface area (Å²) in [7, 11) is -5.11. The molecule has 0 bridgehead atoms. The summed E-state index contributed by atoms with van der Waals surface area (Å²) in [6.07, 6.45) is 0. The fraction of sp³-hybridized carbons (Fsp3) is 0. The topological polar surface area (TPSA) is 86.6 Å². The molecule has 40 valence electrons. The molecule has 2 N–H and O–H groups in total. The molecule has 0 heterocycles. The van der Waals surface area contributed by atoms with Crippen LogP contribution in [0.5, 0.6) is 0 Å². The summed E-state index contributed by atoms with van der Waals surface area (Å²) in [6, 6.07) is 0. The molecule has 0 radical (unpaired) electrons. The maximum absolute atomic E-state index is 8.80. The molecule has 0 aliphatic rings. The maximum Gasteiger partial charge on any atom is 3.00 e. The minimum Gasteiger partial charge on any atom is -1.00 e. The molecule has 0 fully saturated rings. The average molecular weight is 140 g/mol. The van der Waals surface area contributed by atoms with Gasteiger partial charge in [-0.25, -0.2) is 0 Å². The van der Waals surface area contributed by atoms with Gasteiger partial charge in [-0.3, -0.25) is 0 Å². The summed E-state index contributed by atoms with van der Waals surface area (Å²) in [5, 5.41) is 0. The predicted molar refractivity (Wildman–Crippen MR) is 15.9 cm³/mol. The minimum absolute atomic E-state index is 0. The van der Waals surface area contributed by atoms with Crippen molar-refractivity contribution in [3.8, 4) is 0 Å². The smallest absolute Gasteiger partial charge is 1.00 e. The molecule has 7 heteroatoms. The van der Waals surface area contributed by atoms with E-state index in [4.69, 9.17) is 19.2 Å². The van der Waals surface area contributed by atoms with E-state index < -0.39 is 9.05 Å². The van der Waals surface area contributed by atoms with Gasteiger partial charge in [0.2, 0.25) is 0 Å². The van der Waals surface area contributed by atoms with Gasteiger partial charge in [0.1, 0.15) is 9.05 Å². The summed E-state index contributed by atoms with van der Waals surface area (Å²) in [4.78, 5) is 31.8. The van der Waals surface area contributed by atoms with Crippen molar-refractivity contribution in [2.45, 2.75) is 0 Å². The Morgan fingerprint density at radius 3 is 1.14 bits per heavy atom. The monoisotopic (exact) mass is 140 g/mol. The van der Waals surface area contributed by atoms with Crippen molar-refractivity contribution >= 4 is 26.4 Å². The summed E-state index contributed by atoms with van der Waals surface area (Å²) in [6.45, 7) is 0. The predicted octanol–water partition coefficient (Wildman–Crippen LogP) is -7.25. The van der Waals surface area contributed by atoms with Crippen molar-refractivity contribution in [3.63, 3.8) is 0 Å². The number of hydrogen-bond donors (Lipinski definition) is 2. The first-order valence-corrected chi connectivity index (χ1v) is 2.57. The Kier molecular flexibility index (Phi) is 10.4. The first-order valence-electron chi connectivity index (χ1n) is 0.855. The molecule has 0 amide bonds. The van der Waals surface area contributed by atoms with Crippen LogP contribution in [0.25, 0.3) is 0 Å². The van der Waals surface area contributed by atoms with Gasteiger partial charge in [0.15, 0.2) is 0 Å². The Morgan fingerprint density at radius 2 is 1.14 bits per heavy atom. The van der Waals surface area contributed by atoms with Crippen LogP contribution in [0.2, 0.25) is 0 Å². The van der Waals surface area contributed by atoms with Gasteiger partial charge in [-0.2, -0.15) is 0 Å². The van der Waals surface area contributed by atoms with Gasteiger partial charge in [-0.05, 0) is 0 Å². The maximum atomic E-state index is 8.80. The first-order chi connectivity index (χ1) is 2.00. The molecule has 4 nitrogen and oxygen atoms in total. The molecular formula is H2AlFO4Si. The summed E-state index contributed by atoms with van der Waals surface area (Å²) < 4.78 is 0. The first kappa shape index (κ1) is 15.6. The van der Waals surface area contributed by atoms with Crippen LogP contribution < -0.4 is 14.3 Å². The Labute approximate surface area is 51.0 Å². The minimum atomic E-state index is -5.11. The second-order valence-corrected chi connectivity index (χ2v) is 1.65. The molecule has 0 aliphatic carbocycles. The van der Waals surface area contributed by atoms with Crippen LogP contribution in [-0.2, 0) is 0 Å². The normalized spacial score (nSPS) is 8.57. The fourth-order valence-electron chi connectivity index (χ4n) is 0. The molecule has 0 aromatic heterocycles. The van der Waals surface area contributed by atoms with Crippen molar-refractivity contribution in [1.29, 1.82) is 0 Å². The standard InChI is InChI=1S/Al.FH.H2O4Si/c;;1-5(2,3)4/h;1H;1-2H/q+3;;-2/p-1. The van der Waals surface area contributed by atoms with Crippen molar-refractivity contribution in [3.05, 3.63) is 0 Å². The number of hydrogen-bond acceptors (Lipinski definition) is 4. The molecule has 0 unspecified atom stereocenters. The fourth-order valence-corrected chi connectivity index (χ4v) is 0. The molecule has 0 spiro atoms. The molecule has 0 atom stereocenters. The van der Waals surface area contributed by atoms with Gasteiger partial charge in [-0.1, -0.05) is 0 Å². The zero-order valence-corrected chi connectivity index (χ0v) is 5.32. The molecule has 0 rings (SSSR count). The van der Waals surface area contributed by atoms with E-state index in [1.165, 1.54) is 0 Å². The Balaban J connectivity index is -0.0000000800. The van der Waals surface area contributed by atoms with Crippen LogP contribution in [0.15, 0.2) is 0 Å². The largest absolute Gasteiger partial charge is 3.00 e.